The summed E-state index contributed by atoms with van der Waals surface area (Å²) in [6.45, 7) is 4.34. The minimum atomic E-state index is -0.441. The fourth-order valence-electron chi connectivity index (χ4n) is 1.30. The van der Waals surface area contributed by atoms with Gasteiger partial charge in [-0.25, -0.2) is 4.79 Å². The summed E-state index contributed by atoms with van der Waals surface area (Å²) in [6.07, 6.45) is 5.56. The number of hydrogen-bond acceptors (Lipinski definition) is 6. The van der Waals surface area contributed by atoms with Crippen LogP contribution in [-0.4, -0.2) is 31.2 Å². The predicted molar refractivity (Wildman–Crippen MR) is 78.8 cm³/mol. The number of carbonyl (C=O) groups is 1. The van der Waals surface area contributed by atoms with Crippen LogP contribution in [0.3, 0.4) is 0 Å². The van der Waals surface area contributed by atoms with Gasteiger partial charge in [-0.15, -0.1) is 0 Å². The second kappa shape index (κ2) is 12.0. The summed E-state index contributed by atoms with van der Waals surface area (Å²) in [5, 5.41) is 22.4. The van der Waals surface area contributed by atoms with E-state index in [1.165, 1.54) is 0 Å². The number of carbonyl (C=O) groups excluding carboxylic acids is 1. The van der Waals surface area contributed by atoms with Crippen molar-refractivity contribution in [3.8, 4) is 0 Å². The summed E-state index contributed by atoms with van der Waals surface area (Å²) in [5.41, 5.74) is 5.70. The third-order valence-electron chi connectivity index (χ3n) is 2.17. The largest absolute Gasteiger partial charge is 0.386 e. The molecule has 2 amide bonds. The Morgan fingerprint density at radius 1 is 1.00 bits per heavy atom. The highest BCUT2D eigenvalue weighted by atomic mass is 16.3. The molecule has 0 aromatic rings. The molecule has 0 atom stereocenters. The smallest absolute Gasteiger partial charge is 0.317 e. The number of nitrogens with two attached hydrogens (primary N) is 1. The van der Waals surface area contributed by atoms with E-state index >= 15 is 0 Å². The van der Waals surface area contributed by atoms with E-state index in [1.54, 1.807) is 0 Å². The Kier molecular flexibility index (Phi) is 10.7. The van der Waals surface area contributed by atoms with Gasteiger partial charge < -0.3 is 37.4 Å². The van der Waals surface area contributed by atoms with Crippen molar-refractivity contribution in [3.05, 3.63) is 23.8 Å². The summed E-state index contributed by atoms with van der Waals surface area (Å²) in [5.74, 6) is 1.41. The van der Waals surface area contributed by atoms with E-state index in [1.807, 2.05) is 26.0 Å². The number of amides is 2. The van der Waals surface area contributed by atoms with Crippen LogP contribution in [0.15, 0.2) is 23.8 Å². The summed E-state index contributed by atoms with van der Waals surface area (Å²) in [7, 11) is 0. The van der Waals surface area contributed by atoms with Crippen LogP contribution in [0.2, 0.25) is 0 Å². The Morgan fingerprint density at radius 3 is 2.15 bits per heavy atom. The molecule has 8 N–H and O–H groups in total. The van der Waals surface area contributed by atoms with Crippen molar-refractivity contribution < 1.29 is 9.90 Å². The van der Waals surface area contributed by atoms with Gasteiger partial charge in [0.2, 0.25) is 0 Å². The van der Waals surface area contributed by atoms with Gasteiger partial charge in [0.25, 0.3) is 0 Å². The first-order valence-electron chi connectivity index (χ1n) is 6.63. The van der Waals surface area contributed by atoms with E-state index < -0.39 is 12.8 Å². The van der Waals surface area contributed by atoms with E-state index in [2.05, 4.69) is 26.6 Å². The molecule has 0 radical (unpaired) electrons. The molecule has 20 heavy (non-hydrogen) atoms. The zero-order valence-electron chi connectivity index (χ0n) is 12.1. The first-order valence-corrected chi connectivity index (χ1v) is 6.63. The first kappa shape index (κ1) is 17.9. The zero-order valence-corrected chi connectivity index (χ0v) is 12.1. The van der Waals surface area contributed by atoms with E-state index in [0.717, 1.165) is 18.7 Å². The Hall–Kier alpha value is -2.09. The molecule has 0 heterocycles. The summed E-state index contributed by atoms with van der Waals surface area (Å²) in [6, 6.07) is -0.441. The highest BCUT2D eigenvalue weighted by molar-refractivity contribution is 5.73. The number of aliphatic hydroxyl groups is 1. The van der Waals surface area contributed by atoms with Gasteiger partial charge in [-0.2, -0.15) is 0 Å². The number of rotatable bonds is 10. The maximum atomic E-state index is 11.1. The molecule has 8 nitrogen and oxygen atoms in total. The molecule has 116 valence electrons. The molecule has 0 saturated heterocycles. The van der Waals surface area contributed by atoms with Crippen molar-refractivity contribution in [3.63, 3.8) is 0 Å². The third-order valence-corrected chi connectivity index (χ3v) is 2.17. The van der Waals surface area contributed by atoms with Crippen LogP contribution >= 0.6 is 0 Å². The highest BCUT2D eigenvalue weighted by Gasteiger charge is 1.98. The average Bonchev–Trinajstić information content (AvgIpc) is 2.39. The molecular weight excluding hydrogens is 260 g/mol. The van der Waals surface area contributed by atoms with Gasteiger partial charge >= 0.3 is 6.03 Å². The minimum Gasteiger partial charge on any atom is -0.386 e. The van der Waals surface area contributed by atoms with Gasteiger partial charge in [-0.3, -0.25) is 0 Å². The van der Waals surface area contributed by atoms with Crippen LogP contribution in [-0.2, 0) is 0 Å². The Balaban J connectivity index is 3.97. The van der Waals surface area contributed by atoms with Gasteiger partial charge in [0, 0.05) is 0 Å². The van der Waals surface area contributed by atoms with Gasteiger partial charge in [0.15, 0.2) is 0 Å². The number of aliphatic hydroxyl groups excluding tert-OH is 1. The van der Waals surface area contributed by atoms with Crippen LogP contribution in [0, 0.1) is 0 Å². The molecule has 8 heteroatoms. The Labute approximate surface area is 119 Å². The molecule has 0 fully saturated rings. The maximum absolute atomic E-state index is 11.1. The summed E-state index contributed by atoms with van der Waals surface area (Å²) in [4.78, 5) is 11.1. The normalized spacial score (nSPS) is 11.8. The molecule has 0 bridgehead atoms. The van der Waals surface area contributed by atoms with Crippen molar-refractivity contribution in [1.82, 2.24) is 26.6 Å². The first-order chi connectivity index (χ1) is 9.63. The number of urea groups is 1. The lowest BCUT2D eigenvalue weighted by molar-refractivity contribution is 0.217. The highest BCUT2D eigenvalue weighted by Crippen LogP contribution is 1.87. The van der Waals surface area contributed by atoms with Gasteiger partial charge in [-0.1, -0.05) is 13.8 Å². The van der Waals surface area contributed by atoms with Crippen molar-refractivity contribution in [2.24, 2.45) is 5.73 Å². The van der Waals surface area contributed by atoms with E-state index in [4.69, 9.17) is 10.8 Å². The summed E-state index contributed by atoms with van der Waals surface area (Å²) >= 11 is 0. The van der Waals surface area contributed by atoms with Crippen LogP contribution in [0.25, 0.3) is 0 Å². The SMILES string of the molecule is CC/C=C(\N)NCN/C(=C\CC)NCNC(=O)NCO. The molecule has 0 spiro atoms. The van der Waals surface area contributed by atoms with E-state index in [9.17, 15) is 4.79 Å². The van der Waals surface area contributed by atoms with Gasteiger partial charge in [0.05, 0.1) is 25.0 Å². The van der Waals surface area contributed by atoms with Crippen molar-refractivity contribution in [1.29, 1.82) is 0 Å². The number of allylic oxidation sites excluding steroid dienone is 2. The van der Waals surface area contributed by atoms with Gasteiger partial charge in [0.1, 0.15) is 6.73 Å². The molecule has 0 rings (SSSR count). The number of nitrogens with one attached hydrogen (secondary N) is 5. The lowest BCUT2D eigenvalue weighted by Gasteiger charge is -2.15. The van der Waals surface area contributed by atoms with Gasteiger partial charge in [-0.05, 0) is 25.0 Å². The predicted octanol–water partition coefficient (Wildman–Crippen LogP) is -0.619. The fourth-order valence-corrected chi connectivity index (χ4v) is 1.30. The van der Waals surface area contributed by atoms with Crippen molar-refractivity contribution in [2.75, 3.05) is 20.1 Å². The molecule has 0 aromatic carbocycles. The van der Waals surface area contributed by atoms with Crippen LogP contribution in [0.4, 0.5) is 4.79 Å². The second-order valence-electron chi connectivity index (χ2n) is 3.82. The molecule has 0 aromatic heterocycles. The monoisotopic (exact) mass is 286 g/mol. The maximum Gasteiger partial charge on any atom is 0.317 e. The lowest BCUT2D eigenvalue weighted by Crippen LogP contribution is -2.43. The molecule has 0 saturated carbocycles. The zero-order chi connectivity index (χ0) is 15.2. The number of hydrogen-bond donors (Lipinski definition) is 7. The lowest BCUT2D eigenvalue weighted by atomic mass is 10.4. The topological polar surface area (TPSA) is 123 Å². The van der Waals surface area contributed by atoms with E-state index in [-0.39, 0.29) is 6.67 Å². The molecule has 0 aliphatic rings. The summed E-state index contributed by atoms with van der Waals surface area (Å²) < 4.78 is 0. The fraction of sp³-hybridized carbons (Fsp3) is 0.583. The van der Waals surface area contributed by atoms with Crippen molar-refractivity contribution >= 4 is 6.03 Å². The molecular formula is C12H26N6O2. The Morgan fingerprint density at radius 2 is 1.60 bits per heavy atom. The third kappa shape index (κ3) is 9.89. The standard InChI is InChI=1S/C12H26N6O2/c1-3-5-10(13)14-7-15-11(6-4-2)16-8-17-12(20)18-9-19/h5-6,14-16,19H,3-4,7-9,13H2,1-2H3,(H2,17,18,20)/b10-5+,11-6+. The van der Waals surface area contributed by atoms with E-state index in [0.29, 0.717) is 12.5 Å². The molecule has 0 aliphatic carbocycles. The minimum absolute atomic E-state index is 0.241. The molecule has 0 unspecified atom stereocenters. The molecule has 0 aliphatic heterocycles. The second-order valence-corrected chi connectivity index (χ2v) is 3.82. The van der Waals surface area contributed by atoms with Crippen molar-refractivity contribution in [2.45, 2.75) is 26.7 Å². The van der Waals surface area contributed by atoms with Crippen LogP contribution < -0.4 is 32.3 Å². The van der Waals surface area contributed by atoms with Crippen LogP contribution in [0.5, 0.6) is 0 Å². The average molecular weight is 286 g/mol. The quantitative estimate of drug-likeness (QED) is 0.269. The Bertz CT molecular complexity index is 330. The van der Waals surface area contributed by atoms with Crippen LogP contribution in [0.1, 0.15) is 26.7 Å².